The number of rotatable bonds is 6. The van der Waals surface area contributed by atoms with Gasteiger partial charge in [-0.3, -0.25) is 9.69 Å². The van der Waals surface area contributed by atoms with Gasteiger partial charge in [-0.05, 0) is 43.1 Å². The zero-order valence-corrected chi connectivity index (χ0v) is 12.3. The molecule has 0 saturated carbocycles. The number of nitrogens with one attached hydrogen (secondary N) is 2. The van der Waals surface area contributed by atoms with E-state index in [-0.39, 0.29) is 11.9 Å². The summed E-state index contributed by atoms with van der Waals surface area (Å²) in [5.41, 5.74) is 7.10. The Morgan fingerprint density at radius 1 is 1.43 bits per heavy atom. The molecular weight excluding hydrogens is 268 g/mol. The summed E-state index contributed by atoms with van der Waals surface area (Å²) in [6.07, 6.45) is 1.25. The molecule has 1 saturated heterocycles. The maximum atomic E-state index is 11.8. The van der Waals surface area contributed by atoms with Crippen LogP contribution in [-0.4, -0.2) is 31.6 Å². The number of benzene rings is 1. The fourth-order valence-electron chi connectivity index (χ4n) is 2.16. The Balaban J connectivity index is 1.87. The van der Waals surface area contributed by atoms with Crippen molar-refractivity contribution in [2.24, 2.45) is 11.7 Å². The van der Waals surface area contributed by atoms with Gasteiger partial charge in [-0.1, -0.05) is 6.92 Å². The second-order valence-corrected chi connectivity index (χ2v) is 5.36. The molecule has 1 aromatic rings. The zero-order chi connectivity index (χ0) is 15.2. The summed E-state index contributed by atoms with van der Waals surface area (Å²) in [6, 6.07) is 7.21. The summed E-state index contributed by atoms with van der Waals surface area (Å²) in [5, 5.41) is 5.61. The molecular formula is C15H22N4O2. The Morgan fingerprint density at radius 2 is 2.14 bits per heavy atom. The summed E-state index contributed by atoms with van der Waals surface area (Å²) in [6.45, 7) is 3.96. The highest BCUT2D eigenvalue weighted by Gasteiger charge is 2.20. The second-order valence-electron chi connectivity index (χ2n) is 5.36. The highest BCUT2D eigenvalue weighted by Crippen LogP contribution is 2.19. The number of anilines is 2. The van der Waals surface area contributed by atoms with Crippen molar-refractivity contribution < 1.29 is 9.59 Å². The van der Waals surface area contributed by atoms with Gasteiger partial charge < -0.3 is 16.4 Å². The second kappa shape index (κ2) is 7.08. The van der Waals surface area contributed by atoms with Crippen LogP contribution in [-0.2, 0) is 4.79 Å². The van der Waals surface area contributed by atoms with E-state index in [0.717, 1.165) is 17.8 Å². The molecule has 0 aliphatic carbocycles. The Labute approximate surface area is 124 Å². The molecule has 6 heteroatoms. The van der Waals surface area contributed by atoms with E-state index in [9.17, 15) is 9.59 Å². The van der Waals surface area contributed by atoms with Gasteiger partial charge in [-0.2, -0.15) is 0 Å². The number of nitrogens with zero attached hydrogens (tertiary/aromatic N) is 1. The first kappa shape index (κ1) is 15.3. The highest BCUT2D eigenvalue weighted by atomic mass is 16.2. The fraction of sp³-hybridized carbons (Fsp3) is 0.467. The van der Waals surface area contributed by atoms with E-state index in [4.69, 9.17) is 5.73 Å². The number of hydrogen-bond acceptors (Lipinski definition) is 3. The van der Waals surface area contributed by atoms with Crippen molar-refractivity contribution in [3.05, 3.63) is 24.3 Å². The first-order valence-corrected chi connectivity index (χ1v) is 7.25. The molecule has 1 aliphatic heterocycles. The number of amides is 3. The molecule has 21 heavy (non-hydrogen) atoms. The average Bonchev–Trinajstić information content (AvgIpc) is 2.91. The van der Waals surface area contributed by atoms with Gasteiger partial charge in [-0.15, -0.1) is 0 Å². The van der Waals surface area contributed by atoms with Crippen molar-refractivity contribution in [1.29, 1.82) is 0 Å². The molecule has 1 aromatic carbocycles. The smallest absolute Gasteiger partial charge is 0.321 e. The lowest BCUT2D eigenvalue weighted by molar-refractivity contribution is -0.116. The van der Waals surface area contributed by atoms with Gasteiger partial charge >= 0.3 is 6.03 Å². The van der Waals surface area contributed by atoms with E-state index >= 15 is 0 Å². The van der Waals surface area contributed by atoms with Crippen LogP contribution in [0.1, 0.15) is 19.8 Å². The van der Waals surface area contributed by atoms with Crippen LogP contribution in [0.4, 0.5) is 16.2 Å². The molecule has 0 bridgehead atoms. The highest BCUT2D eigenvalue weighted by molar-refractivity contribution is 5.95. The number of urea groups is 1. The van der Waals surface area contributed by atoms with Crippen molar-refractivity contribution >= 4 is 23.3 Å². The van der Waals surface area contributed by atoms with Crippen LogP contribution in [0.3, 0.4) is 0 Å². The lowest BCUT2D eigenvalue weighted by Crippen LogP contribution is -2.27. The standard InChI is InChI=1S/C15H22N4O2/c1-11(10-16)2-7-14(20)18-12-3-5-13(6-4-12)19-9-8-17-15(19)21/h3-6,11H,2,7-10,16H2,1H3,(H,17,21)(H,18,20). The van der Waals surface area contributed by atoms with Crippen LogP contribution >= 0.6 is 0 Å². The monoisotopic (exact) mass is 290 g/mol. The molecule has 114 valence electrons. The summed E-state index contributed by atoms with van der Waals surface area (Å²) in [5.74, 6) is 0.341. The molecule has 1 unspecified atom stereocenters. The molecule has 0 radical (unpaired) electrons. The van der Waals surface area contributed by atoms with Gasteiger partial charge in [0.2, 0.25) is 5.91 Å². The van der Waals surface area contributed by atoms with Crippen LogP contribution in [0.25, 0.3) is 0 Å². The third-order valence-electron chi connectivity index (χ3n) is 3.59. The Morgan fingerprint density at radius 3 is 2.71 bits per heavy atom. The predicted molar refractivity (Wildman–Crippen MR) is 83.3 cm³/mol. The first-order chi connectivity index (χ1) is 10.1. The van der Waals surface area contributed by atoms with Gasteiger partial charge in [0.1, 0.15) is 0 Å². The maximum Gasteiger partial charge on any atom is 0.321 e. The minimum Gasteiger partial charge on any atom is -0.336 e. The van der Waals surface area contributed by atoms with E-state index in [1.165, 1.54) is 0 Å². The van der Waals surface area contributed by atoms with E-state index < -0.39 is 0 Å². The fourth-order valence-corrected chi connectivity index (χ4v) is 2.16. The van der Waals surface area contributed by atoms with Crippen LogP contribution in [0.15, 0.2) is 24.3 Å². The van der Waals surface area contributed by atoms with Crippen molar-refractivity contribution in [2.75, 3.05) is 29.9 Å². The van der Waals surface area contributed by atoms with E-state index in [1.54, 1.807) is 4.90 Å². The molecule has 1 heterocycles. The number of carbonyl (C=O) groups is 2. The molecule has 0 spiro atoms. The van der Waals surface area contributed by atoms with Gasteiger partial charge in [0.25, 0.3) is 0 Å². The molecule has 4 N–H and O–H groups in total. The van der Waals surface area contributed by atoms with Crippen LogP contribution in [0.2, 0.25) is 0 Å². The average molecular weight is 290 g/mol. The van der Waals surface area contributed by atoms with Crippen molar-refractivity contribution in [2.45, 2.75) is 19.8 Å². The number of hydrogen-bond donors (Lipinski definition) is 3. The van der Waals surface area contributed by atoms with Gasteiger partial charge in [-0.25, -0.2) is 4.79 Å². The summed E-state index contributed by atoms with van der Waals surface area (Å²) in [7, 11) is 0. The molecule has 1 atom stereocenters. The quantitative estimate of drug-likeness (QED) is 0.742. The minimum atomic E-state index is -0.0810. The van der Waals surface area contributed by atoms with Gasteiger partial charge in [0.05, 0.1) is 0 Å². The summed E-state index contributed by atoms with van der Waals surface area (Å²) in [4.78, 5) is 25.0. The Bertz CT molecular complexity index is 501. The van der Waals surface area contributed by atoms with Crippen LogP contribution < -0.4 is 21.3 Å². The SMILES string of the molecule is CC(CN)CCC(=O)Nc1ccc(N2CCNC2=O)cc1. The van der Waals surface area contributed by atoms with Crippen molar-refractivity contribution in [3.8, 4) is 0 Å². The Kier molecular flexibility index (Phi) is 5.16. The third kappa shape index (κ3) is 4.19. The topological polar surface area (TPSA) is 87.5 Å². The molecule has 1 fully saturated rings. The van der Waals surface area contributed by atoms with Crippen LogP contribution in [0.5, 0.6) is 0 Å². The molecule has 0 aromatic heterocycles. The summed E-state index contributed by atoms with van der Waals surface area (Å²) < 4.78 is 0. The lowest BCUT2D eigenvalue weighted by atomic mass is 10.1. The molecule has 6 nitrogen and oxygen atoms in total. The lowest BCUT2D eigenvalue weighted by Gasteiger charge is -2.15. The Hall–Kier alpha value is -2.08. The normalized spacial score (nSPS) is 15.7. The molecule has 1 aliphatic rings. The van der Waals surface area contributed by atoms with Gasteiger partial charge in [0.15, 0.2) is 0 Å². The number of nitrogens with two attached hydrogens (primary N) is 1. The van der Waals surface area contributed by atoms with Crippen molar-refractivity contribution in [3.63, 3.8) is 0 Å². The van der Waals surface area contributed by atoms with Crippen LogP contribution in [0, 0.1) is 5.92 Å². The molecule has 3 amide bonds. The van der Waals surface area contributed by atoms with Gasteiger partial charge in [0, 0.05) is 30.9 Å². The summed E-state index contributed by atoms with van der Waals surface area (Å²) >= 11 is 0. The van der Waals surface area contributed by atoms with Crippen molar-refractivity contribution in [1.82, 2.24) is 5.32 Å². The number of carbonyl (C=O) groups excluding carboxylic acids is 2. The minimum absolute atomic E-state index is 0.0121. The van der Waals surface area contributed by atoms with E-state index in [1.807, 2.05) is 31.2 Å². The van der Waals surface area contributed by atoms with E-state index in [2.05, 4.69) is 10.6 Å². The third-order valence-corrected chi connectivity index (χ3v) is 3.59. The maximum absolute atomic E-state index is 11.8. The predicted octanol–water partition coefficient (Wildman–Crippen LogP) is 1.53. The first-order valence-electron chi connectivity index (χ1n) is 7.25. The zero-order valence-electron chi connectivity index (χ0n) is 12.3. The van der Waals surface area contributed by atoms with E-state index in [0.29, 0.717) is 32.0 Å². The largest absolute Gasteiger partial charge is 0.336 e. The molecule has 2 rings (SSSR count).